The number of hydrogen-bond donors (Lipinski definition) is 1. The van der Waals surface area contributed by atoms with Crippen LogP contribution >= 0.6 is 23.4 Å². The number of amides is 1. The topological polar surface area (TPSA) is 73.6 Å². The van der Waals surface area contributed by atoms with Gasteiger partial charge in [-0.05, 0) is 13.8 Å². The van der Waals surface area contributed by atoms with Gasteiger partial charge in [0.05, 0.1) is 36.4 Å². The highest BCUT2D eigenvalue weighted by molar-refractivity contribution is 7.99. The molecule has 6 nitrogen and oxygen atoms in total. The lowest BCUT2D eigenvalue weighted by molar-refractivity contribution is -0.113. The molecule has 0 bridgehead atoms. The number of carbonyl (C=O) groups is 1. The van der Waals surface area contributed by atoms with E-state index in [0.717, 1.165) is 17.0 Å². The molecular weight excluding hydrogens is 352 g/mol. The first-order chi connectivity index (χ1) is 11.5. The molecule has 1 amide bonds. The maximum Gasteiger partial charge on any atom is 0.234 e. The minimum Gasteiger partial charge on any atom is -0.493 e. The van der Waals surface area contributed by atoms with Crippen LogP contribution in [0.5, 0.6) is 11.5 Å². The van der Waals surface area contributed by atoms with Crippen molar-refractivity contribution in [2.75, 3.05) is 25.3 Å². The van der Waals surface area contributed by atoms with Crippen molar-refractivity contribution in [3.63, 3.8) is 0 Å². The molecule has 0 aliphatic carbocycles. The summed E-state index contributed by atoms with van der Waals surface area (Å²) in [7, 11) is 3.05. The van der Waals surface area contributed by atoms with E-state index in [2.05, 4.69) is 10.5 Å². The Morgan fingerprint density at radius 2 is 1.96 bits per heavy atom. The number of aryl methyl sites for hydroxylation is 2. The Kier molecular flexibility index (Phi) is 6.39. The summed E-state index contributed by atoms with van der Waals surface area (Å²) in [4.78, 5) is 12.1. The Morgan fingerprint density at radius 1 is 1.29 bits per heavy atom. The van der Waals surface area contributed by atoms with Crippen molar-refractivity contribution in [1.29, 1.82) is 0 Å². The summed E-state index contributed by atoms with van der Waals surface area (Å²) in [6, 6.07) is 3.24. The first kappa shape index (κ1) is 18.5. The number of benzene rings is 1. The third kappa shape index (κ3) is 4.36. The molecule has 0 unspecified atom stereocenters. The molecule has 1 aromatic carbocycles. The molecule has 2 aromatic rings. The number of carbonyl (C=O) groups excluding carboxylic acids is 1. The van der Waals surface area contributed by atoms with E-state index < -0.39 is 0 Å². The van der Waals surface area contributed by atoms with Gasteiger partial charge in [-0.2, -0.15) is 0 Å². The van der Waals surface area contributed by atoms with Crippen LogP contribution in [0.25, 0.3) is 0 Å². The third-order valence-corrected chi connectivity index (χ3v) is 4.68. The number of aromatic nitrogens is 1. The number of rotatable bonds is 7. The van der Waals surface area contributed by atoms with E-state index in [4.69, 9.17) is 25.6 Å². The number of methoxy groups -OCH3 is 2. The SMILES string of the molecule is COc1cc(Cl)c(NC(=O)CSCc2c(C)noc2C)cc1OC. The summed E-state index contributed by atoms with van der Waals surface area (Å²) in [6.45, 7) is 3.75. The zero-order valence-electron chi connectivity index (χ0n) is 13.9. The first-order valence-corrected chi connectivity index (χ1v) is 8.70. The highest BCUT2D eigenvalue weighted by Gasteiger charge is 2.13. The lowest BCUT2D eigenvalue weighted by Crippen LogP contribution is -2.14. The van der Waals surface area contributed by atoms with Crippen LogP contribution < -0.4 is 14.8 Å². The Hall–Kier alpha value is -1.86. The van der Waals surface area contributed by atoms with Gasteiger partial charge in [-0.15, -0.1) is 11.8 Å². The zero-order chi connectivity index (χ0) is 17.7. The molecule has 0 saturated heterocycles. The molecule has 0 aliphatic rings. The van der Waals surface area contributed by atoms with Gasteiger partial charge in [-0.3, -0.25) is 4.79 Å². The highest BCUT2D eigenvalue weighted by Crippen LogP contribution is 2.36. The second-order valence-corrected chi connectivity index (χ2v) is 6.42. The van der Waals surface area contributed by atoms with E-state index in [0.29, 0.717) is 28.0 Å². The van der Waals surface area contributed by atoms with Crippen molar-refractivity contribution in [3.05, 3.63) is 34.2 Å². The zero-order valence-corrected chi connectivity index (χ0v) is 15.5. The molecule has 1 N–H and O–H groups in total. The van der Waals surface area contributed by atoms with Gasteiger partial charge >= 0.3 is 0 Å². The van der Waals surface area contributed by atoms with Gasteiger partial charge in [0.25, 0.3) is 0 Å². The van der Waals surface area contributed by atoms with Gasteiger partial charge in [0.2, 0.25) is 5.91 Å². The number of ether oxygens (including phenoxy) is 2. The summed E-state index contributed by atoms with van der Waals surface area (Å²) in [5, 5.41) is 7.06. The summed E-state index contributed by atoms with van der Waals surface area (Å²) in [6.07, 6.45) is 0. The van der Waals surface area contributed by atoms with Crippen molar-refractivity contribution in [2.45, 2.75) is 19.6 Å². The molecule has 1 heterocycles. The van der Waals surface area contributed by atoms with Crippen molar-refractivity contribution in [1.82, 2.24) is 5.16 Å². The van der Waals surface area contributed by atoms with Crippen molar-refractivity contribution >= 4 is 35.0 Å². The molecule has 0 radical (unpaired) electrons. The number of halogens is 1. The lowest BCUT2D eigenvalue weighted by Gasteiger charge is -2.12. The van der Waals surface area contributed by atoms with Gasteiger partial charge < -0.3 is 19.3 Å². The predicted molar refractivity (Wildman–Crippen MR) is 95.3 cm³/mol. The van der Waals surface area contributed by atoms with Crippen LogP contribution in [0.2, 0.25) is 5.02 Å². The minimum atomic E-state index is -0.152. The van der Waals surface area contributed by atoms with E-state index in [1.807, 2.05) is 13.8 Å². The molecule has 130 valence electrons. The largest absolute Gasteiger partial charge is 0.493 e. The van der Waals surface area contributed by atoms with E-state index in [1.165, 1.54) is 26.0 Å². The molecular formula is C16H19ClN2O4S. The molecule has 0 spiro atoms. The van der Waals surface area contributed by atoms with Crippen LogP contribution in [0.3, 0.4) is 0 Å². The highest BCUT2D eigenvalue weighted by atomic mass is 35.5. The summed E-state index contributed by atoms with van der Waals surface area (Å²) in [5.74, 6) is 2.58. The molecule has 1 aromatic heterocycles. The molecule has 24 heavy (non-hydrogen) atoms. The molecule has 0 atom stereocenters. The van der Waals surface area contributed by atoms with Crippen LogP contribution in [0, 0.1) is 13.8 Å². The van der Waals surface area contributed by atoms with E-state index >= 15 is 0 Å². The smallest absolute Gasteiger partial charge is 0.234 e. The molecule has 8 heteroatoms. The monoisotopic (exact) mass is 370 g/mol. The van der Waals surface area contributed by atoms with Crippen molar-refractivity contribution < 1.29 is 18.8 Å². The molecule has 0 aliphatic heterocycles. The van der Waals surface area contributed by atoms with Gasteiger partial charge in [-0.1, -0.05) is 16.8 Å². The second kappa shape index (κ2) is 8.30. The number of nitrogens with zero attached hydrogens (tertiary/aromatic N) is 1. The second-order valence-electron chi connectivity index (χ2n) is 5.03. The molecule has 2 rings (SSSR count). The summed E-state index contributed by atoms with van der Waals surface area (Å²) in [5.41, 5.74) is 2.36. The van der Waals surface area contributed by atoms with Gasteiger partial charge in [0, 0.05) is 23.4 Å². The van der Waals surface area contributed by atoms with Crippen LogP contribution in [0.15, 0.2) is 16.7 Å². The summed E-state index contributed by atoms with van der Waals surface area (Å²) < 4.78 is 15.5. The maximum atomic E-state index is 12.1. The fourth-order valence-corrected chi connectivity index (χ4v) is 3.27. The van der Waals surface area contributed by atoms with Gasteiger partial charge in [-0.25, -0.2) is 0 Å². The van der Waals surface area contributed by atoms with Crippen molar-refractivity contribution in [3.8, 4) is 11.5 Å². The van der Waals surface area contributed by atoms with Crippen LogP contribution in [0.1, 0.15) is 17.0 Å². The summed E-state index contributed by atoms with van der Waals surface area (Å²) >= 11 is 7.64. The Labute approximate surface area is 149 Å². The fourth-order valence-electron chi connectivity index (χ4n) is 2.09. The Morgan fingerprint density at radius 3 is 2.54 bits per heavy atom. The molecule has 0 saturated carbocycles. The number of anilines is 1. The maximum absolute atomic E-state index is 12.1. The Bertz CT molecular complexity index is 714. The lowest BCUT2D eigenvalue weighted by atomic mass is 10.2. The van der Waals surface area contributed by atoms with Crippen LogP contribution in [-0.4, -0.2) is 31.0 Å². The number of hydrogen-bond acceptors (Lipinski definition) is 6. The predicted octanol–water partition coefficient (Wildman–Crippen LogP) is 3.83. The van der Waals surface area contributed by atoms with E-state index in [9.17, 15) is 4.79 Å². The van der Waals surface area contributed by atoms with E-state index in [-0.39, 0.29) is 11.7 Å². The van der Waals surface area contributed by atoms with Crippen LogP contribution in [0.4, 0.5) is 5.69 Å². The van der Waals surface area contributed by atoms with Gasteiger partial charge in [0.15, 0.2) is 11.5 Å². The first-order valence-electron chi connectivity index (χ1n) is 7.17. The standard InChI is InChI=1S/C16H19ClN2O4S/c1-9-11(10(2)23-19-9)7-24-8-16(20)18-13-6-15(22-4)14(21-3)5-12(13)17/h5-6H,7-8H2,1-4H3,(H,18,20). The number of nitrogens with one attached hydrogen (secondary N) is 1. The average molecular weight is 371 g/mol. The quantitative estimate of drug-likeness (QED) is 0.798. The third-order valence-electron chi connectivity index (χ3n) is 3.41. The normalized spacial score (nSPS) is 10.5. The number of thioether (sulfide) groups is 1. The Balaban J connectivity index is 1.95. The fraction of sp³-hybridized carbons (Fsp3) is 0.375. The molecule has 0 fully saturated rings. The van der Waals surface area contributed by atoms with Crippen LogP contribution in [-0.2, 0) is 10.5 Å². The van der Waals surface area contributed by atoms with E-state index in [1.54, 1.807) is 12.1 Å². The van der Waals surface area contributed by atoms with Gasteiger partial charge in [0.1, 0.15) is 5.76 Å². The minimum absolute atomic E-state index is 0.152. The van der Waals surface area contributed by atoms with Crippen molar-refractivity contribution in [2.24, 2.45) is 0 Å². The average Bonchev–Trinajstić information content (AvgIpc) is 2.88.